The lowest BCUT2D eigenvalue weighted by Crippen LogP contribution is -2.50. The van der Waals surface area contributed by atoms with Gasteiger partial charge in [0, 0.05) is 7.05 Å². The van der Waals surface area contributed by atoms with Crippen molar-refractivity contribution < 1.29 is 9.59 Å². The van der Waals surface area contributed by atoms with Crippen LogP contribution in [0.4, 0.5) is 0 Å². The van der Waals surface area contributed by atoms with Crippen molar-refractivity contribution in [2.45, 2.75) is 25.8 Å². The molecule has 6 heteroatoms. The quantitative estimate of drug-likeness (QED) is 0.296. The van der Waals surface area contributed by atoms with Crippen molar-refractivity contribution >= 4 is 11.8 Å². The van der Waals surface area contributed by atoms with E-state index in [-0.39, 0.29) is 24.4 Å². The van der Waals surface area contributed by atoms with E-state index in [0.29, 0.717) is 6.42 Å². The van der Waals surface area contributed by atoms with Gasteiger partial charge in [0.15, 0.2) is 0 Å². The standard InChI is InChI=1S/C9H20N4O2/c1-4-5-7(9(15)12-10)13(3)6-8(14)11-2/h7H,4-6,10H2,1-3H3,(H,11,14)(H,12,15). The summed E-state index contributed by atoms with van der Waals surface area (Å²) in [5.41, 5.74) is 2.11. The highest BCUT2D eigenvalue weighted by molar-refractivity contribution is 5.83. The molecule has 0 bridgehead atoms. The molecular weight excluding hydrogens is 196 g/mol. The summed E-state index contributed by atoms with van der Waals surface area (Å²) in [6.45, 7) is 2.17. The van der Waals surface area contributed by atoms with Crippen molar-refractivity contribution in [1.29, 1.82) is 0 Å². The zero-order chi connectivity index (χ0) is 11.8. The Labute approximate surface area is 90.2 Å². The maximum absolute atomic E-state index is 11.4. The lowest BCUT2D eigenvalue weighted by molar-refractivity contribution is -0.128. The highest BCUT2D eigenvalue weighted by atomic mass is 16.2. The molecule has 0 aromatic carbocycles. The van der Waals surface area contributed by atoms with E-state index in [1.165, 1.54) is 0 Å². The van der Waals surface area contributed by atoms with E-state index < -0.39 is 0 Å². The molecule has 1 unspecified atom stereocenters. The van der Waals surface area contributed by atoms with Crippen molar-refractivity contribution in [2.75, 3.05) is 20.6 Å². The van der Waals surface area contributed by atoms with Gasteiger partial charge in [-0.15, -0.1) is 0 Å². The molecule has 0 fully saturated rings. The fourth-order valence-corrected chi connectivity index (χ4v) is 1.34. The highest BCUT2D eigenvalue weighted by Gasteiger charge is 2.22. The minimum Gasteiger partial charge on any atom is -0.358 e. The molecule has 15 heavy (non-hydrogen) atoms. The Morgan fingerprint density at radius 2 is 2.07 bits per heavy atom. The lowest BCUT2D eigenvalue weighted by Gasteiger charge is -2.25. The largest absolute Gasteiger partial charge is 0.358 e. The summed E-state index contributed by atoms with van der Waals surface area (Å²) in [5.74, 6) is 4.69. The number of hydrazine groups is 1. The van der Waals surface area contributed by atoms with E-state index >= 15 is 0 Å². The molecule has 0 radical (unpaired) electrons. The van der Waals surface area contributed by atoms with Crippen LogP contribution in [0.25, 0.3) is 0 Å². The summed E-state index contributed by atoms with van der Waals surface area (Å²) in [7, 11) is 3.29. The van der Waals surface area contributed by atoms with E-state index in [1.54, 1.807) is 19.0 Å². The maximum Gasteiger partial charge on any atom is 0.251 e. The van der Waals surface area contributed by atoms with Gasteiger partial charge < -0.3 is 5.32 Å². The van der Waals surface area contributed by atoms with Gasteiger partial charge in [0.2, 0.25) is 5.91 Å². The number of hydrogen-bond donors (Lipinski definition) is 3. The van der Waals surface area contributed by atoms with E-state index in [2.05, 4.69) is 10.7 Å². The molecule has 6 nitrogen and oxygen atoms in total. The average Bonchev–Trinajstić information content (AvgIpc) is 2.24. The van der Waals surface area contributed by atoms with Crippen LogP contribution in [0.3, 0.4) is 0 Å². The number of likely N-dealkylation sites (N-methyl/N-ethyl adjacent to an activating group) is 2. The molecule has 88 valence electrons. The van der Waals surface area contributed by atoms with Crippen molar-refractivity contribution in [3.05, 3.63) is 0 Å². The second-order valence-corrected chi connectivity index (χ2v) is 3.40. The van der Waals surface area contributed by atoms with Gasteiger partial charge in [-0.25, -0.2) is 5.84 Å². The van der Waals surface area contributed by atoms with Gasteiger partial charge in [0.1, 0.15) is 0 Å². The molecule has 1 atom stereocenters. The SMILES string of the molecule is CCCC(C(=O)NN)N(C)CC(=O)NC. The number of carbonyl (C=O) groups is 2. The number of nitrogens with two attached hydrogens (primary N) is 1. The number of nitrogens with one attached hydrogen (secondary N) is 2. The smallest absolute Gasteiger partial charge is 0.251 e. The zero-order valence-corrected chi connectivity index (χ0v) is 9.54. The number of hydrogen-bond acceptors (Lipinski definition) is 4. The fraction of sp³-hybridized carbons (Fsp3) is 0.778. The van der Waals surface area contributed by atoms with Crippen molar-refractivity contribution in [2.24, 2.45) is 5.84 Å². The third kappa shape index (κ3) is 4.75. The van der Waals surface area contributed by atoms with Crippen LogP contribution in [-0.2, 0) is 9.59 Å². The van der Waals surface area contributed by atoms with Crippen LogP contribution in [0.2, 0.25) is 0 Å². The summed E-state index contributed by atoms with van der Waals surface area (Å²) in [6.07, 6.45) is 1.53. The lowest BCUT2D eigenvalue weighted by atomic mass is 10.1. The first kappa shape index (κ1) is 13.9. The van der Waals surface area contributed by atoms with Gasteiger partial charge in [0.25, 0.3) is 5.91 Å². The van der Waals surface area contributed by atoms with Crippen molar-refractivity contribution in [3.8, 4) is 0 Å². The van der Waals surface area contributed by atoms with Crippen LogP contribution in [0.1, 0.15) is 19.8 Å². The van der Waals surface area contributed by atoms with Crippen LogP contribution in [0, 0.1) is 0 Å². The molecule has 0 aliphatic carbocycles. The first-order valence-electron chi connectivity index (χ1n) is 4.98. The average molecular weight is 216 g/mol. The van der Waals surface area contributed by atoms with Crippen LogP contribution in [0.15, 0.2) is 0 Å². The Kier molecular flexibility index (Phi) is 6.64. The monoisotopic (exact) mass is 216 g/mol. The first-order valence-corrected chi connectivity index (χ1v) is 4.98. The predicted molar refractivity (Wildman–Crippen MR) is 57.7 cm³/mol. The summed E-state index contributed by atoms with van der Waals surface area (Å²) < 4.78 is 0. The van der Waals surface area contributed by atoms with Crippen molar-refractivity contribution in [3.63, 3.8) is 0 Å². The van der Waals surface area contributed by atoms with Gasteiger partial charge in [-0.1, -0.05) is 13.3 Å². The summed E-state index contributed by atoms with van der Waals surface area (Å²) in [5, 5.41) is 2.51. The van der Waals surface area contributed by atoms with E-state index in [0.717, 1.165) is 6.42 Å². The fourth-order valence-electron chi connectivity index (χ4n) is 1.34. The van der Waals surface area contributed by atoms with Gasteiger partial charge in [-0.3, -0.25) is 19.9 Å². The third-order valence-electron chi connectivity index (χ3n) is 2.21. The minimum absolute atomic E-state index is 0.122. The first-order chi connectivity index (χ1) is 7.06. The van der Waals surface area contributed by atoms with Crippen molar-refractivity contribution in [1.82, 2.24) is 15.6 Å². The number of amides is 2. The molecule has 0 aromatic rings. The van der Waals surface area contributed by atoms with Crippen LogP contribution >= 0.6 is 0 Å². The number of carbonyl (C=O) groups excluding carboxylic acids is 2. The van der Waals surface area contributed by atoms with Crippen LogP contribution in [0.5, 0.6) is 0 Å². The van der Waals surface area contributed by atoms with Crippen LogP contribution in [-0.4, -0.2) is 43.4 Å². The molecule has 4 N–H and O–H groups in total. The molecule has 2 amide bonds. The highest BCUT2D eigenvalue weighted by Crippen LogP contribution is 2.04. The van der Waals surface area contributed by atoms with Crippen LogP contribution < -0.4 is 16.6 Å². The zero-order valence-electron chi connectivity index (χ0n) is 9.54. The number of nitrogens with zero attached hydrogens (tertiary/aromatic N) is 1. The molecule has 0 saturated heterocycles. The Morgan fingerprint density at radius 1 is 1.47 bits per heavy atom. The van der Waals surface area contributed by atoms with E-state index in [4.69, 9.17) is 5.84 Å². The Bertz CT molecular complexity index is 220. The summed E-state index contributed by atoms with van der Waals surface area (Å²) in [6, 6.07) is -0.350. The molecule has 0 aromatic heterocycles. The Balaban J connectivity index is 4.34. The third-order valence-corrected chi connectivity index (χ3v) is 2.21. The van der Waals surface area contributed by atoms with Gasteiger partial charge in [-0.2, -0.15) is 0 Å². The normalized spacial score (nSPS) is 12.3. The Hall–Kier alpha value is -1.14. The molecule has 0 aliphatic heterocycles. The topological polar surface area (TPSA) is 87.5 Å². The second-order valence-electron chi connectivity index (χ2n) is 3.40. The molecule has 0 aliphatic rings. The molecule has 0 spiro atoms. The number of rotatable bonds is 6. The molecule has 0 saturated carbocycles. The predicted octanol–water partition coefficient (Wildman–Crippen LogP) is -1.18. The van der Waals surface area contributed by atoms with E-state index in [9.17, 15) is 9.59 Å². The van der Waals surface area contributed by atoms with Gasteiger partial charge >= 0.3 is 0 Å². The van der Waals surface area contributed by atoms with E-state index in [1.807, 2.05) is 6.92 Å². The second kappa shape index (κ2) is 7.19. The molecular formula is C9H20N4O2. The Morgan fingerprint density at radius 3 is 2.47 bits per heavy atom. The van der Waals surface area contributed by atoms with Gasteiger partial charge in [0.05, 0.1) is 12.6 Å². The molecule has 0 rings (SSSR count). The maximum atomic E-state index is 11.4. The van der Waals surface area contributed by atoms with Gasteiger partial charge in [-0.05, 0) is 13.5 Å². The molecule has 0 heterocycles. The summed E-state index contributed by atoms with van der Waals surface area (Å²) in [4.78, 5) is 24.2. The summed E-state index contributed by atoms with van der Waals surface area (Å²) >= 11 is 0. The minimum atomic E-state index is -0.350.